The van der Waals surface area contributed by atoms with Crippen molar-refractivity contribution in [2.75, 3.05) is 6.61 Å². The lowest BCUT2D eigenvalue weighted by molar-refractivity contribution is 0.284. The van der Waals surface area contributed by atoms with Crippen LogP contribution in [0.5, 0.6) is 0 Å². The molecule has 0 aliphatic heterocycles. The maximum Gasteiger partial charge on any atom is 0.0618 e. The van der Waals surface area contributed by atoms with Gasteiger partial charge in [0.25, 0.3) is 0 Å². The van der Waals surface area contributed by atoms with Crippen LogP contribution in [0.4, 0.5) is 0 Å². The lowest BCUT2D eigenvalue weighted by Gasteiger charge is -1.95. The molecule has 3 N–H and O–H groups in total. The lowest BCUT2D eigenvalue weighted by atomic mass is 10.3. The Hall–Kier alpha value is -0.340. The molecular formula is C5H11NO. The topological polar surface area (TPSA) is 46.2 Å². The van der Waals surface area contributed by atoms with E-state index in [2.05, 4.69) is 0 Å². The van der Waals surface area contributed by atoms with E-state index in [1.807, 2.05) is 13.0 Å². The molecule has 0 saturated carbocycles. The third kappa shape index (κ3) is 3.49. The third-order valence-corrected chi connectivity index (χ3v) is 0.650. The smallest absolute Gasteiger partial charge is 0.0618 e. The van der Waals surface area contributed by atoms with Gasteiger partial charge >= 0.3 is 0 Å². The molecule has 0 bridgehead atoms. The molecule has 0 aromatic rings. The highest BCUT2D eigenvalue weighted by molar-refractivity contribution is 4.87. The van der Waals surface area contributed by atoms with Crippen LogP contribution in [0.15, 0.2) is 12.2 Å². The normalized spacial score (nSPS) is 15.3. The van der Waals surface area contributed by atoms with Crippen molar-refractivity contribution in [2.45, 2.75) is 13.0 Å². The number of aliphatic hydroxyl groups is 1. The molecule has 2 heteroatoms. The standard InChI is InChI=1S/C5H11NO/c1-2-3-5(6)4-7/h2-3,5,7H,4,6H2,1H3/b3-2+. The summed E-state index contributed by atoms with van der Waals surface area (Å²) in [7, 11) is 0. The molecule has 0 rings (SSSR count). The van der Waals surface area contributed by atoms with Crippen molar-refractivity contribution < 1.29 is 5.11 Å². The molecule has 0 aromatic heterocycles. The first kappa shape index (κ1) is 6.66. The summed E-state index contributed by atoms with van der Waals surface area (Å²) in [5.41, 5.74) is 5.25. The zero-order valence-corrected chi connectivity index (χ0v) is 4.46. The van der Waals surface area contributed by atoms with Crippen LogP contribution in [-0.2, 0) is 0 Å². The SMILES string of the molecule is C/C=C/C(N)CO. The van der Waals surface area contributed by atoms with Crippen molar-refractivity contribution in [3.63, 3.8) is 0 Å². The summed E-state index contributed by atoms with van der Waals surface area (Å²) in [4.78, 5) is 0. The Labute approximate surface area is 43.6 Å². The minimum atomic E-state index is -0.176. The molecular weight excluding hydrogens is 90.1 g/mol. The number of allylic oxidation sites excluding steroid dienone is 1. The molecule has 0 saturated heterocycles. The molecule has 0 radical (unpaired) electrons. The summed E-state index contributed by atoms with van der Waals surface area (Å²) in [5.74, 6) is 0. The van der Waals surface area contributed by atoms with Gasteiger partial charge in [0.15, 0.2) is 0 Å². The van der Waals surface area contributed by atoms with Crippen LogP contribution in [0.2, 0.25) is 0 Å². The van der Waals surface area contributed by atoms with E-state index in [-0.39, 0.29) is 12.6 Å². The summed E-state index contributed by atoms with van der Waals surface area (Å²) in [6, 6.07) is -0.176. The van der Waals surface area contributed by atoms with Gasteiger partial charge < -0.3 is 10.8 Å². The molecule has 0 aliphatic carbocycles. The van der Waals surface area contributed by atoms with Gasteiger partial charge in [0, 0.05) is 6.04 Å². The van der Waals surface area contributed by atoms with Gasteiger partial charge in [0.05, 0.1) is 6.61 Å². The van der Waals surface area contributed by atoms with Crippen molar-refractivity contribution >= 4 is 0 Å². The summed E-state index contributed by atoms with van der Waals surface area (Å²) in [5, 5.41) is 8.29. The summed E-state index contributed by atoms with van der Waals surface area (Å²) >= 11 is 0. The van der Waals surface area contributed by atoms with Crippen LogP contribution < -0.4 is 5.73 Å². The second kappa shape index (κ2) is 3.84. The monoisotopic (exact) mass is 101 g/mol. The van der Waals surface area contributed by atoms with E-state index in [1.54, 1.807) is 6.08 Å². The van der Waals surface area contributed by atoms with Crippen molar-refractivity contribution in [3.8, 4) is 0 Å². The summed E-state index contributed by atoms with van der Waals surface area (Å²) < 4.78 is 0. The third-order valence-electron chi connectivity index (χ3n) is 0.650. The van der Waals surface area contributed by atoms with Gasteiger partial charge in [-0.15, -0.1) is 0 Å². The maximum absolute atomic E-state index is 8.29. The van der Waals surface area contributed by atoms with Crippen LogP contribution in [0.3, 0.4) is 0 Å². The zero-order valence-electron chi connectivity index (χ0n) is 4.46. The molecule has 1 unspecified atom stereocenters. The number of hydrogen-bond donors (Lipinski definition) is 2. The first-order valence-corrected chi connectivity index (χ1v) is 2.30. The second-order valence-electron chi connectivity index (χ2n) is 1.37. The number of rotatable bonds is 2. The highest BCUT2D eigenvalue weighted by Crippen LogP contribution is 1.76. The van der Waals surface area contributed by atoms with E-state index >= 15 is 0 Å². The van der Waals surface area contributed by atoms with Gasteiger partial charge in [0.1, 0.15) is 0 Å². The van der Waals surface area contributed by atoms with E-state index in [1.165, 1.54) is 0 Å². The molecule has 0 heterocycles. The average Bonchev–Trinajstić information content (AvgIpc) is 1.68. The number of hydrogen-bond acceptors (Lipinski definition) is 2. The van der Waals surface area contributed by atoms with Crippen LogP contribution in [0.25, 0.3) is 0 Å². The molecule has 7 heavy (non-hydrogen) atoms. The zero-order chi connectivity index (χ0) is 5.70. The Morgan fingerprint density at radius 2 is 2.43 bits per heavy atom. The van der Waals surface area contributed by atoms with Gasteiger partial charge in [-0.2, -0.15) is 0 Å². The number of aliphatic hydroxyl groups excluding tert-OH is 1. The van der Waals surface area contributed by atoms with Crippen LogP contribution >= 0.6 is 0 Å². The molecule has 0 fully saturated rings. The van der Waals surface area contributed by atoms with Gasteiger partial charge in [-0.3, -0.25) is 0 Å². The summed E-state index contributed by atoms with van der Waals surface area (Å²) in [6.07, 6.45) is 3.57. The fourth-order valence-corrected chi connectivity index (χ4v) is 0.308. The average molecular weight is 101 g/mol. The fourth-order valence-electron chi connectivity index (χ4n) is 0.308. The largest absolute Gasteiger partial charge is 0.394 e. The Bertz CT molecular complexity index is 61.1. The molecule has 2 nitrogen and oxygen atoms in total. The Kier molecular flexibility index (Phi) is 3.65. The fraction of sp³-hybridized carbons (Fsp3) is 0.600. The summed E-state index contributed by atoms with van der Waals surface area (Å²) in [6.45, 7) is 1.90. The molecule has 42 valence electrons. The minimum absolute atomic E-state index is 0.0321. The van der Waals surface area contributed by atoms with E-state index < -0.39 is 0 Å². The molecule has 0 aromatic carbocycles. The number of nitrogens with two attached hydrogens (primary N) is 1. The Morgan fingerprint density at radius 3 is 2.57 bits per heavy atom. The van der Waals surface area contributed by atoms with Crippen LogP contribution in [0.1, 0.15) is 6.92 Å². The van der Waals surface area contributed by atoms with Gasteiger partial charge in [0.2, 0.25) is 0 Å². The first-order valence-electron chi connectivity index (χ1n) is 2.30. The highest BCUT2D eigenvalue weighted by Gasteiger charge is 1.87. The highest BCUT2D eigenvalue weighted by atomic mass is 16.3. The van der Waals surface area contributed by atoms with Crippen molar-refractivity contribution in [3.05, 3.63) is 12.2 Å². The van der Waals surface area contributed by atoms with Gasteiger partial charge in [-0.25, -0.2) is 0 Å². The van der Waals surface area contributed by atoms with Crippen LogP contribution in [-0.4, -0.2) is 17.8 Å². The van der Waals surface area contributed by atoms with Crippen molar-refractivity contribution in [2.24, 2.45) is 5.73 Å². The molecule has 0 aliphatic rings. The molecule has 0 amide bonds. The second-order valence-corrected chi connectivity index (χ2v) is 1.37. The predicted molar refractivity (Wildman–Crippen MR) is 29.9 cm³/mol. The van der Waals surface area contributed by atoms with Crippen molar-refractivity contribution in [1.29, 1.82) is 0 Å². The predicted octanol–water partition coefficient (Wildman–Crippen LogP) is -0.118. The van der Waals surface area contributed by atoms with E-state index in [4.69, 9.17) is 10.8 Å². The van der Waals surface area contributed by atoms with E-state index in [9.17, 15) is 0 Å². The molecule has 1 atom stereocenters. The molecule has 0 spiro atoms. The van der Waals surface area contributed by atoms with E-state index in [0.717, 1.165) is 0 Å². The lowest BCUT2D eigenvalue weighted by Crippen LogP contribution is -2.20. The Morgan fingerprint density at radius 1 is 1.86 bits per heavy atom. The van der Waals surface area contributed by atoms with Gasteiger partial charge in [-0.1, -0.05) is 12.2 Å². The van der Waals surface area contributed by atoms with Gasteiger partial charge in [-0.05, 0) is 6.92 Å². The Balaban J connectivity index is 3.16. The van der Waals surface area contributed by atoms with Crippen molar-refractivity contribution in [1.82, 2.24) is 0 Å². The quantitative estimate of drug-likeness (QED) is 0.476. The van der Waals surface area contributed by atoms with Crippen LogP contribution in [0, 0.1) is 0 Å². The maximum atomic E-state index is 8.29. The first-order chi connectivity index (χ1) is 3.31. The minimum Gasteiger partial charge on any atom is -0.394 e. The van der Waals surface area contributed by atoms with E-state index in [0.29, 0.717) is 0 Å².